The van der Waals surface area contributed by atoms with Crippen LogP contribution < -0.4 is 5.32 Å². The molecule has 0 aliphatic carbocycles. The molecule has 0 unspecified atom stereocenters. The molecule has 0 fully saturated rings. The van der Waals surface area contributed by atoms with Crippen LogP contribution in [0, 0.1) is 0 Å². The van der Waals surface area contributed by atoms with Gasteiger partial charge in [0.2, 0.25) is 11.0 Å². The number of rotatable bonds is 7. The number of esters is 1. The van der Waals surface area contributed by atoms with Crippen LogP contribution in [0.1, 0.15) is 21.5 Å². The molecule has 0 spiro atoms. The smallest absolute Gasteiger partial charge is 0.337 e. The topological polar surface area (TPSA) is 81.2 Å². The molecule has 1 amide bonds. The lowest BCUT2D eigenvalue weighted by molar-refractivity contribution is -0.111. The number of carbonyl (C=O) groups is 2. The molecule has 2 aromatic carbocycles. The van der Waals surface area contributed by atoms with Crippen LogP contribution in [0.4, 0.5) is 5.13 Å². The minimum Gasteiger partial charge on any atom is -0.465 e. The van der Waals surface area contributed by atoms with Gasteiger partial charge in [0, 0.05) is 11.8 Å². The Morgan fingerprint density at radius 1 is 1.11 bits per heavy atom. The molecule has 0 bridgehead atoms. The standard InChI is InChI=1S/C20H17N3O3S2/c1-26-18(25)16-10-7-15(8-11-16)13-27-20-23-22-19(28-20)21-17(24)12-9-14-5-3-2-4-6-14/h2-12H,13H2,1H3,(H,21,22,24)/b12-9+. The molecule has 3 aromatic rings. The number of methoxy groups -OCH3 is 1. The lowest BCUT2D eigenvalue weighted by atomic mass is 10.1. The van der Waals surface area contributed by atoms with Crippen molar-refractivity contribution < 1.29 is 14.3 Å². The predicted octanol–water partition coefficient (Wildman–Crippen LogP) is 4.27. The summed E-state index contributed by atoms with van der Waals surface area (Å²) in [6.45, 7) is 0. The molecule has 0 radical (unpaired) electrons. The van der Waals surface area contributed by atoms with Crippen molar-refractivity contribution in [1.29, 1.82) is 0 Å². The van der Waals surface area contributed by atoms with E-state index in [-0.39, 0.29) is 11.9 Å². The highest BCUT2D eigenvalue weighted by Gasteiger charge is 2.08. The monoisotopic (exact) mass is 411 g/mol. The van der Waals surface area contributed by atoms with Gasteiger partial charge >= 0.3 is 5.97 Å². The van der Waals surface area contributed by atoms with Crippen LogP contribution in [0.2, 0.25) is 0 Å². The van der Waals surface area contributed by atoms with E-state index >= 15 is 0 Å². The summed E-state index contributed by atoms with van der Waals surface area (Å²) in [6, 6.07) is 16.8. The minimum atomic E-state index is -0.356. The zero-order valence-electron chi connectivity index (χ0n) is 15.0. The van der Waals surface area contributed by atoms with Gasteiger partial charge in [-0.05, 0) is 29.3 Å². The molecular formula is C20H17N3O3S2. The Morgan fingerprint density at radius 2 is 1.86 bits per heavy atom. The maximum atomic E-state index is 12.0. The van der Waals surface area contributed by atoms with Crippen molar-refractivity contribution in [3.8, 4) is 0 Å². The van der Waals surface area contributed by atoms with Crippen LogP contribution in [0.15, 0.2) is 65.0 Å². The maximum absolute atomic E-state index is 12.0. The molecule has 6 nitrogen and oxygen atoms in total. The van der Waals surface area contributed by atoms with Gasteiger partial charge in [-0.3, -0.25) is 10.1 Å². The van der Waals surface area contributed by atoms with E-state index in [1.165, 1.54) is 36.3 Å². The zero-order valence-corrected chi connectivity index (χ0v) is 16.6. The number of nitrogens with zero attached hydrogens (tertiary/aromatic N) is 2. The molecule has 1 N–H and O–H groups in total. The molecule has 3 rings (SSSR count). The fourth-order valence-corrected chi connectivity index (χ4v) is 3.91. The molecular weight excluding hydrogens is 394 g/mol. The third-order valence-corrected chi connectivity index (χ3v) is 5.64. The quantitative estimate of drug-likeness (QED) is 0.271. The Morgan fingerprint density at radius 3 is 2.57 bits per heavy atom. The molecule has 8 heteroatoms. The third kappa shape index (κ3) is 5.77. The SMILES string of the molecule is COC(=O)c1ccc(CSc2nnc(NC(=O)/C=C/c3ccccc3)s2)cc1. The second kappa shape index (κ2) is 9.82. The number of thioether (sulfide) groups is 1. The van der Waals surface area contributed by atoms with Crippen molar-refractivity contribution in [2.75, 3.05) is 12.4 Å². The fourth-order valence-electron chi connectivity index (χ4n) is 2.20. The van der Waals surface area contributed by atoms with Crippen LogP contribution in [-0.2, 0) is 15.3 Å². The number of nitrogens with one attached hydrogen (secondary N) is 1. The van der Waals surface area contributed by atoms with Crippen LogP contribution in [-0.4, -0.2) is 29.2 Å². The number of hydrogen-bond acceptors (Lipinski definition) is 7. The Hall–Kier alpha value is -2.97. The summed E-state index contributed by atoms with van der Waals surface area (Å²) in [6.07, 6.45) is 3.20. The summed E-state index contributed by atoms with van der Waals surface area (Å²) in [7, 11) is 1.36. The zero-order chi connectivity index (χ0) is 19.8. The van der Waals surface area contributed by atoms with Crippen LogP contribution in [0.5, 0.6) is 0 Å². The molecule has 0 saturated heterocycles. The van der Waals surface area contributed by atoms with Crippen molar-refractivity contribution >= 4 is 46.2 Å². The Bertz CT molecular complexity index is 970. The second-order valence-electron chi connectivity index (χ2n) is 5.58. The largest absolute Gasteiger partial charge is 0.465 e. The Labute approximate surface area is 170 Å². The molecule has 1 aromatic heterocycles. The maximum Gasteiger partial charge on any atom is 0.337 e. The van der Waals surface area contributed by atoms with E-state index < -0.39 is 0 Å². The summed E-state index contributed by atoms with van der Waals surface area (Å²) in [4.78, 5) is 23.4. The van der Waals surface area contributed by atoms with Crippen molar-refractivity contribution in [3.05, 3.63) is 77.4 Å². The van der Waals surface area contributed by atoms with E-state index in [1.807, 2.05) is 42.5 Å². The van der Waals surface area contributed by atoms with Gasteiger partial charge in [0.05, 0.1) is 12.7 Å². The summed E-state index contributed by atoms with van der Waals surface area (Å²) in [5.41, 5.74) is 2.51. The number of benzene rings is 2. The first-order valence-electron chi connectivity index (χ1n) is 8.32. The lowest BCUT2D eigenvalue weighted by Crippen LogP contribution is -2.07. The average molecular weight is 412 g/mol. The van der Waals surface area contributed by atoms with Gasteiger partial charge in [-0.1, -0.05) is 65.6 Å². The molecule has 0 saturated carbocycles. The fraction of sp³-hybridized carbons (Fsp3) is 0.100. The number of aromatic nitrogens is 2. The van der Waals surface area contributed by atoms with Crippen LogP contribution in [0.25, 0.3) is 6.08 Å². The number of hydrogen-bond donors (Lipinski definition) is 1. The van der Waals surface area contributed by atoms with Gasteiger partial charge < -0.3 is 4.74 Å². The number of ether oxygens (including phenoxy) is 1. The highest BCUT2D eigenvalue weighted by molar-refractivity contribution is 8.00. The first-order valence-corrected chi connectivity index (χ1v) is 10.1. The van der Waals surface area contributed by atoms with E-state index in [1.54, 1.807) is 18.2 Å². The predicted molar refractivity (Wildman–Crippen MR) is 111 cm³/mol. The van der Waals surface area contributed by atoms with Gasteiger partial charge in [-0.15, -0.1) is 10.2 Å². The summed E-state index contributed by atoms with van der Waals surface area (Å²) >= 11 is 2.83. The number of amides is 1. The highest BCUT2D eigenvalue weighted by Crippen LogP contribution is 2.28. The van der Waals surface area contributed by atoms with Crippen molar-refractivity contribution in [2.24, 2.45) is 0 Å². The van der Waals surface area contributed by atoms with E-state index in [0.717, 1.165) is 15.5 Å². The molecule has 28 heavy (non-hydrogen) atoms. The Kier molecular flexibility index (Phi) is 6.94. The van der Waals surface area contributed by atoms with Gasteiger partial charge in [0.1, 0.15) is 0 Å². The van der Waals surface area contributed by atoms with E-state index in [9.17, 15) is 9.59 Å². The first kappa shape index (κ1) is 19.8. The molecule has 1 heterocycles. The number of carbonyl (C=O) groups excluding carboxylic acids is 2. The van der Waals surface area contributed by atoms with Crippen molar-refractivity contribution in [1.82, 2.24) is 10.2 Å². The molecule has 0 aliphatic rings. The minimum absolute atomic E-state index is 0.255. The van der Waals surface area contributed by atoms with Gasteiger partial charge in [-0.25, -0.2) is 4.79 Å². The van der Waals surface area contributed by atoms with E-state index in [4.69, 9.17) is 0 Å². The summed E-state index contributed by atoms with van der Waals surface area (Å²) < 4.78 is 5.43. The summed E-state index contributed by atoms with van der Waals surface area (Å²) in [5, 5.41) is 11.2. The van der Waals surface area contributed by atoms with Gasteiger partial charge in [0.15, 0.2) is 4.34 Å². The molecule has 0 aliphatic heterocycles. The van der Waals surface area contributed by atoms with Crippen LogP contribution in [0.3, 0.4) is 0 Å². The molecule has 142 valence electrons. The van der Waals surface area contributed by atoms with E-state index in [2.05, 4.69) is 20.3 Å². The van der Waals surface area contributed by atoms with Crippen molar-refractivity contribution in [2.45, 2.75) is 10.1 Å². The van der Waals surface area contributed by atoms with E-state index in [0.29, 0.717) is 16.4 Å². The number of anilines is 1. The summed E-state index contributed by atoms with van der Waals surface area (Å²) in [5.74, 6) is 0.0674. The first-order chi connectivity index (χ1) is 13.6. The highest BCUT2D eigenvalue weighted by atomic mass is 32.2. The average Bonchev–Trinajstić information content (AvgIpc) is 3.18. The third-order valence-electron chi connectivity index (χ3n) is 3.60. The Balaban J connectivity index is 1.50. The molecule has 0 atom stereocenters. The van der Waals surface area contributed by atoms with Gasteiger partial charge in [-0.2, -0.15) is 0 Å². The van der Waals surface area contributed by atoms with Crippen LogP contribution >= 0.6 is 23.1 Å². The second-order valence-corrected chi connectivity index (χ2v) is 7.78. The normalized spacial score (nSPS) is 10.8. The van der Waals surface area contributed by atoms with Gasteiger partial charge in [0.25, 0.3) is 0 Å². The van der Waals surface area contributed by atoms with Crippen molar-refractivity contribution in [3.63, 3.8) is 0 Å². The lowest BCUT2D eigenvalue weighted by Gasteiger charge is -2.01.